The number of carbonyl (C=O) groups is 2. The van der Waals surface area contributed by atoms with Crippen LogP contribution >= 0.6 is 0 Å². The van der Waals surface area contributed by atoms with E-state index in [1.165, 1.54) is 12.2 Å². The summed E-state index contributed by atoms with van der Waals surface area (Å²) in [7, 11) is 0. The number of aliphatic hydroxyl groups is 1. The molecule has 0 radical (unpaired) electrons. The second-order valence-corrected chi connectivity index (χ2v) is 6.68. The molecule has 4 heteroatoms. The fraction of sp³-hybridized carbons (Fsp3) is 0.579. The molecule has 0 aliphatic heterocycles. The summed E-state index contributed by atoms with van der Waals surface area (Å²) in [5.74, 6) is -0.348. The van der Waals surface area contributed by atoms with Crippen LogP contribution in [0.5, 0.6) is 0 Å². The van der Waals surface area contributed by atoms with Gasteiger partial charge in [-0.15, -0.1) is 0 Å². The molecule has 1 aliphatic rings. The van der Waals surface area contributed by atoms with Gasteiger partial charge in [0.1, 0.15) is 5.60 Å². The summed E-state index contributed by atoms with van der Waals surface area (Å²) in [5.41, 5.74) is -0.370. The molecule has 4 nitrogen and oxygen atoms in total. The van der Waals surface area contributed by atoms with Crippen molar-refractivity contribution in [3.05, 3.63) is 35.5 Å². The van der Waals surface area contributed by atoms with E-state index in [1.54, 1.807) is 26.0 Å². The summed E-state index contributed by atoms with van der Waals surface area (Å²) in [6.07, 6.45) is 8.33. The van der Waals surface area contributed by atoms with E-state index in [0.29, 0.717) is 18.6 Å². The van der Waals surface area contributed by atoms with Gasteiger partial charge < -0.3 is 9.84 Å². The van der Waals surface area contributed by atoms with Crippen molar-refractivity contribution in [1.29, 1.82) is 0 Å². The van der Waals surface area contributed by atoms with E-state index in [4.69, 9.17) is 4.74 Å². The summed E-state index contributed by atoms with van der Waals surface area (Å²) >= 11 is 0. The first-order valence-electron chi connectivity index (χ1n) is 8.16. The molecule has 0 aromatic carbocycles. The molecule has 0 spiro atoms. The molecular formula is C19H28O4. The number of rotatable bonds is 6. The molecule has 0 amide bonds. The first kappa shape index (κ1) is 19.4. The molecule has 1 N–H and O–H groups in total. The molecule has 1 aliphatic carbocycles. The Kier molecular flexibility index (Phi) is 6.51. The van der Waals surface area contributed by atoms with Crippen molar-refractivity contribution in [3.8, 4) is 0 Å². The highest BCUT2D eigenvalue weighted by atomic mass is 16.5. The minimum Gasteiger partial charge on any atom is -0.463 e. The van der Waals surface area contributed by atoms with E-state index < -0.39 is 11.0 Å². The van der Waals surface area contributed by atoms with Crippen LogP contribution in [-0.2, 0) is 14.3 Å². The Hall–Kier alpha value is -1.68. The summed E-state index contributed by atoms with van der Waals surface area (Å²) < 4.78 is 4.94. The van der Waals surface area contributed by atoms with Gasteiger partial charge in [0.25, 0.3) is 0 Å². The zero-order valence-electron chi connectivity index (χ0n) is 14.8. The minimum absolute atomic E-state index is 0.0291. The van der Waals surface area contributed by atoms with Crippen molar-refractivity contribution in [3.63, 3.8) is 0 Å². The largest absolute Gasteiger partial charge is 0.463 e. The highest BCUT2D eigenvalue weighted by molar-refractivity contribution is 5.92. The highest BCUT2D eigenvalue weighted by Gasteiger charge is 2.46. The van der Waals surface area contributed by atoms with Gasteiger partial charge in [0.05, 0.1) is 6.61 Å². The predicted molar refractivity (Wildman–Crippen MR) is 90.9 cm³/mol. The van der Waals surface area contributed by atoms with Crippen LogP contribution in [-0.4, -0.2) is 29.1 Å². The summed E-state index contributed by atoms with van der Waals surface area (Å²) in [5, 5.41) is 11.1. The molecular weight excluding hydrogens is 292 g/mol. The second kappa shape index (κ2) is 7.73. The van der Waals surface area contributed by atoms with Crippen LogP contribution in [0.4, 0.5) is 0 Å². The van der Waals surface area contributed by atoms with Crippen LogP contribution in [0.15, 0.2) is 35.5 Å². The van der Waals surface area contributed by atoms with Crippen molar-refractivity contribution >= 4 is 11.8 Å². The minimum atomic E-state index is -1.21. The van der Waals surface area contributed by atoms with Crippen LogP contribution in [0.2, 0.25) is 0 Å². The van der Waals surface area contributed by atoms with Gasteiger partial charge in [0.15, 0.2) is 5.78 Å². The lowest BCUT2D eigenvalue weighted by Crippen LogP contribution is -2.48. The van der Waals surface area contributed by atoms with Crippen molar-refractivity contribution in [1.82, 2.24) is 0 Å². The van der Waals surface area contributed by atoms with Crippen LogP contribution in [0.25, 0.3) is 0 Å². The second-order valence-electron chi connectivity index (χ2n) is 6.68. The first-order valence-corrected chi connectivity index (χ1v) is 8.16. The van der Waals surface area contributed by atoms with Gasteiger partial charge in [-0.05, 0) is 43.6 Å². The molecule has 1 rings (SSSR count). The third-order valence-electron chi connectivity index (χ3n) is 4.29. The molecule has 0 heterocycles. The van der Waals surface area contributed by atoms with E-state index in [1.807, 2.05) is 20.8 Å². The zero-order chi connectivity index (χ0) is 17.7. The zero-order valence-corrected chi connectivity index (χ0v) is 14.8. The summed E-state index contributed by atoms with van der Waals surface area (Å²) in [6, 6.07) is 0. The van der Waals surface area contributed by atoms with Crippen LogP contribution in [0.3, 0.4) is 0 Å². The van der Waals surface area contributed by atoms with Crippen molar-refractivity contribution < 1.29 is 19.4 Å². The molecule has 1 atom stereocenters. The lowest BCUT2D eigenvalue weighted by molar-refractivity contribution is -0.137. The molecule has 1 unspecified atom stereocenters. The van der Waals surface area contributed by atoms with Gasteiger partial charge in [0.2, 0.25) is 0 Å². The maximum Gasteiger partial charge on any atom is 0.331 e. The van der Waals surface area contributed by atoms with E-state index in [-0.39, 0.29) is 18.2 Å². The third kappa shape index (κ3) is 4.64. The molecule has 128 valence electrons. The van der Waals surface area contributed by atoms with E-state index in [0.717, 1.165) is 12.0 Å². The maximum absolute atomic E-state index is 11.8. The molecule has 0 saturated carbocycles. The standard InChI is InChI=1S/C19H28O4/c1-6-8-15(12-17(21)23-7-2)9-10-19(22)14(3)11-16(20)13-18(19,4)5/h9-12,22H,6-8,13H2,1-5H3/b10-9+,15-12-. The average Bonchev–Trinajstić information content (AvgIpc) is 2.42. The third-order valence-corrected chi connectivity index (χ3v) is 4.29. The molecule has 0 bridgehead atoms. The van der Waals surface area contributed by atoms with E-state index >= 15 is 0 Å². The SMILES string of the molecule is CCCC(=C/C(=O)OCC)/C=C/C1(O)C(C)=CC(=O)CC1(C)C. The Morgan fingerprint density at radius 1 is 1.39 bits per heavy atom. The maximum atomic E-state index is 11.8. The Labute approximate surface area is 138 Å². The number of allylic oxidation sites excluding steroid dienone is 3. The summed E-state index contributed by atoms with van der Waals surface area (Å²) in [6.45, 7) is 9.63. The van der Waals surface area contributed by atoms with Crippen molar-refractivity contribution in [2.45, 2.75) is 59.5 Å². The smallest absolute Gasteiger partial charge is 0.331 e. The van der Waals surface area contributed by atoms with Gasteiger partial charge in [-0.3, -0.25) is 4.79 Å². The van der Waals surface area contributed by atoms with Gasteiger partial charge >= 0.3 is 5.97 Å². The Morgan fingerprint density at radius 3 is 2.57 bits per heavy atom. The number of hydrogen-bond acceptors (Lipinski definition) is 4. The lowest BCUT2D eigenvalue weighted by atomic mass is 9.64. The number of ketones is 1. The Bertz CT molecular complexity index is 552. The van der Waals surface area contributed by atoms with Crippen LogP contribution in [0.1, 0.15) is 53.9 Å². The monoisotopic (exact) mass is 320 g/mol. The average molecular weight is 320 g/mol. The fourth-order valence-corrected chi connectivity index (χ4v) is 2.92. The predicted octanol–water partition coefficient (Wildman–Crippen LogP) is 3.51. The van der Waals surface area contributed by atoms with Crippen molar-refractivity contribution in [2.24, 2.45) is 5.41 Å². The van der Waals surface area contributed by atoms with Crippen LogP contribution < -0.4 is 0 Å². The Morgan fingerprint density at radius 2 is 2.04 bits per heavy atom. The molecule has 0 aromatic heterocycles. The first-order chi connectivity index (χ1) is 10.7. The van der Waals surface area contributed by atoms with Gasteiger partial charge in [-0.1, -0.05) is 33.3 Å². The van der Waals surface area contributed by atoms with Gasteiger partial charge in [-0.25, -0.2) is 4.79 Å². The number of hydrogen-bond donors (Lipinski definition) is 1. The molecule has 0 aromatic rings. The molecule has 23 heavy (non-hydrogen) atoms. The number of esters is 1. The van der Waals surface area contributed by atoms with Gasteiger partial charge in [0, 0.05) is 17.9 Å². The van der Waals surface area contributed by atoms with E-state index in [9.17, 15) is 14.7 Å². The highest BCUT2D eigenvalue weighted by Crippen LogP contribution is 2.44. The van der Waals surface area contributed by atoms with Gasteiger partial charge in [-0.2, -0.15) is 0 Å². The quantitative estimate of drug-likeness (QED) is 0.462. The topological polar surface area (TPSA) is 63.6 Å². The summed E-state index contributed by atoms with van der Waals surface area (Å²) in [4.78, 5) is 23.4. The van der Waals surface area contributed by atoms with Crippen LogP contribution in [0, 0.1) is 5.41 Å². The Balaban J connectivity index is 3.13. The normalized spacial score (nSPS) is 24.7. The van der Waals surface area contributed by atoms with E-state index in [2.05, 4.69) is 0 Å². The lowest BCUT2D eigenvalue weighted by Gasteiger charge is -2.44. The fourth-order valence-electron chi connectivity index (χ4n) is 2.92. The molecule has 0 fully saturated rings. The number of carbonyl (C=O) groups excluding carboxylic acids is 2. The molecule has 0 saturated heterocycles. The number of ether oxygens (including phenoxy) is 1. The van der Waals surface area contributed by atoms with Crippen molar-refractivity contribution in [2.75, 3.05) is 6.61 Å².